The van der Waals surface area contributed by atoms with Gasteiger partial charge in [0.2, 0.25) is 0 Å². The van der Waals surface area contributed by atoms with Crippen LogP contribution in [0.25, 0.3) is 0 Å². The molecule has 21 heavy (non-hydrogen) atoms. The van der Waals surface area contributed by atoms with E-state index in [0.29, 0.717) is 0 Å². The fourth-order valence-electron chi connectivity index (χ4n) is 1.88. The molecule has 0 amide bonds. The van der Waals surface area contributed by atoms with Gasteiger partial charge in [-0.25, -0.2) is 4.79 Å². The van der Waals surface area contributed by atoms with Gasteiger partial charge in [0.15, 0.2) is 0 Å². The number of carbonyl (C=O) groups is 2. The van der Waals surface area contributed by atoms with Gasteiger partial charge in [-0.05, 0) is 36.2 Å². The summed E-state index contributed by atoms with van der Waals surface area (Å²) in [6, 6.07) is 11.5. The molecule has 5 heteroatoms. The number of esters is 1. The zero-order valence-corrected chi connectivity index (χ0v) is 12.1. The molecule has 1 N–H and O–H groups in total. The van der Waals surface area contributed by atoms with E-state index in [9.17, 15) is 9.59 Å². The minimum atomic E-state index is -1.20. The largest absolute Gasteiger partial charge is 0.478 e. The highest BCUT2D eigenvalue weighted by molar-refractivity contribution is 6.31. The number of halogens is 1. The molecule has 0 heterocycles. The average Bonchev–Trinajstić information content (AvgIpc) is 2.43. The second kappa shape index (κ2) is 6.41. The summed E-state index contributed by atoms with van der Waals surface area (Å²) in [5.74, 6) is -1.73. The van der Waals surface area contributed by atoms with Crippen molar-refractivity contribution in [1.82, 2.24) is 0 Å². The Kier molecular flexibility index (Phi) is 4.60. The Labute approximate surface area is 126 Å². The van der Waals surface area contributed by atoms with Crippen molar-refractivity contribution in [1.29, 1.82) is 0 Å². The molecule has 0 aliphatic carbocycles. The molecule has 0 unspecified atom stereocenters. The van der Waals surface area contributed by atoms with Gasteiger partial charge in [-0.2, -0.15) is 0 Å². The first-order valence-electron chi connectivity index (χ1n) is 6.25. The Balaban J connectivity index is 2.17. The molecule has 0 saturated carbocycles. The number of aryl methyl sites for hydroxylation is 1. The number of aromatic carboxylic acids is 1. The summed E-state index contributed by atoms with van der Waals surface area (Å²) in [4.78, 5) is 23.1. The molecule has 0 aliphatic heterocycles. The molecular formula is C16H13ClO4. The second-order valence-corrected chi connectivity index (χ2v) is 4.96. The second-order valence-electron chi connectivity index (χ2n) is 4.52. The predicted octanol–water partition coefficient (Wildman–Crippen LogP) is 3.49. The Morgan fingerprint density at radius 3 is 2.57 bits per heavy atom. The number of carboxylic acid groups (broad SMARTS) is 1. The van der Waals surface area contributed by atoms with Crippen molar-refractivity contribution in [3.63, 3.8) is 0 Å². The average molecular weight is 305 g/mol. The van der Waals surface area contributed by atoms with Crippen LogP contribution < -0.4 is 4.74 Å². The van der Waals surface area contributed by atoms with Crippen LogP contribution in [0.15, 0.2) is 42.5 Å². The number of hydrogen-bond acceptors (Lipinski definition) is 3. The number of carboxylic acids is 1. The SMILES string of the molecule is Cc1ccccc1CC(=O)Oc1ccc(Cl)cc1C(=O)O. The van der Waals surface area contributed by atoms with E-state index in [2.05, 4.69) is 0 Å². The van der Waals surface area contributed by atoms with Gasteiger partial charge < -0.3 is 9.84 Å². The molecule has 0 saturated heterocycles. The van der Waals surface area contributed by atoms with E-state index in [4.69, 9.17) is 21.4 Å². The first-order valence-corrected chi connectivity index (χ1v) is 6.63. The van der Waals surface area contributed by atoms with Gasteiger partial charge in [0.1, 0.15) is 11.3 Å². The van der Waals surface area contributed by atoms with E-state index in [-0.39, 0.29) is 22.8 Å². The lowest BCUT2D eigenvalue weighted by Crippen LogP contribution is -2.14. The number of benzene rings is 2. The van der Waals surface area contributed by atoms with Crippen molar-refractivity contribution in [2.45, 2.75) is 13.3 Å². The summed E-state index contributed by atoms with van der Waals surface area (Å²) in [6.07, 6.45) is 0.0777. The van der Waals surface area contributed by atoms with Crippen LogP contribution in [0.1, 0.15) is 21.5 Å². The highest BCUT2D eigenvalue weighted by Crippen LogP contribution is 2.23. The highest BCUT2D eigenvalue weighted by atomic mass is 35.5. The molecule has 0 spiro atoms. The normalized spacial score (nSPS) is 10.2. The Morgan fingerprint density at radius 1 is 1.19 bits per heavy atom. The van der Waals surface area contributed by atoms with Gasteiger partial charge in [-0.1, -0.05) is 35.9 Å². The lowest BCUT2D eigenvalue weighted by atomic mass is 10.1. The highest BCUT2D eigenvalue weighted by Gasteiger charge is 2.16. The lowest BCUT2D eigenvalue weighted by molar-refractivity contribution is -0.133. The van der Waals surface area contributed by atoms with E-state index in [1.165, 1.54) is 18.2 Å². The number of ether oxygens (including phenoxy) is 1. The fraction of sp³-hybridized carbons (Fsp3) is 0.125. The van der Waals surface area contributed by atoms with Crippen LogP contribution in [0.5, 0.6) is 5.75 Å². The standard InChI is InChI=1S/C16H13ClO4/c1-10-4-2-3-5-11(10)8-15(18)21-14-7-6-12(17)9-13(14)16(19)20/h2-7,9H,8H2,1H3,(H,19,20). The molecule has 0 radical (unpaired) electrons. The maximum Gasteiger partial charge on any atom is 0.339 e. The van der Waals surface area contributed by atoms with Crippen LogP contribution in [0, 0.1) is 6.92 Å². The topological polar surface area (TPSA) is 63.6 Å². The molecule has 4 nitrogen and oxygen atoms in total. The summed E-state index contributed by atoms with van der Waals surface area (Å²) >= 11 is 5.74. The van der Waals surface area contributed by atoms with Crippen LogP contribution in [-0.2, 0) is 11.2 Å². The smallest absolute Gasteiger partial charge is 0.339 e. The number of carbonyl (C=O) groups excluding carboxylic acids is 1. The van der Waals surface area contributed by atoms with Gasteiger partial charge in [-0.15, -0.1) is 0 Å². The molecule has 0 aromatic heterocycles. The molecule has 0 bridgehead atoms. The maximum atomic E-state index is 11.9. The van der Waals surface area contributed by atoms with E-state index >= 15 is 0 Å². The van der Waals surface area contributed by atoms with Crippen LogP contribution in [-0.4, -0.2) is 17.0 Å². The van der Waals surface area contributed by atoms with Gasteiger partial charge in [0.25, 0.3) is 0 Å². The minimum Gasteiger partial charge on any atom is -0.478 e. The monoisotopic (exact) mass is 304 g/mol. The number of hydrogen-bond donors (Lipinski definition) is 1. The zero-order valence-electron chi connectivity index (χ0n) is 11.3. The maximum absolute atomic E-state index is 11.9. The first-order chi connectivity index (χ1) is 9.97. The molecule has 0 fully saturated rings. The first kappa shape index (κ1) is 15.1. The summed E-state index contributed by atoms with van der Waals surface area (Å²) in [5.41, 5.74) is 1.68. The zero-order chi connectivity index (χ0) is 15.4. The molecule has 0 aliphatic rings. The summed E-state index contributed by atoms with van der Waals surface area (Å²) < 4.78 is 5.14. The van der Waals surface area contributed by atoms with Crippen molar-refractivity contribution < 1.29 is 19.4 Å². The summed E-state index contributed by atoms with van der Waals surface area (Å²) in [6.45, 7) is 1.90. The lowest BCUT2D eigenvalue weighted by Gasteiger charge is -2.09. The van der Waals surface area contributed by atoms with Crippen LogP contribution in [0.3, 0.4) is 0 Å². The third-order valence-corrected chi connectivity index (χ3v) is 3.23. The molecule has 108 valence electrons. The quantitative estimate of drug-likeness (QED) is 0.693. The third kappa shape index (κ3) is 3.83. The van der Waals surface area contributed by atoms with Crippen LogP contribution in [0.2, 0.25) is 5.02 Å². The molecular weight excluding hydrogens is 292 g/mol. The molecule has 2 aromatic carbocycles. The minimum absolute atomic E-state index is 0.00881. The van der Waals surface area contributed by atoms with E-state index in [1.807, 2.05) is 31.2 Å². The van der Waals surface area contributed by atoms with E-state index in [0.717, 1.165) is 11.1 Å². The van der Waals surface area contributed by atoms with E-state index < -0.39 is 11.9 Å². The third-order valence-electron chi connectivity index (χ3n) is 2.99. The predicted molar refractivity (Wildman–Crippen MR) is 78.9 cm³/mol. The summed E-state index contributed by atoms with van der Waals surface area (Å²) in [5, 5.41) is 9.36. The Morgan fingerprint density at radius 2 is 1.90 bits per heavy atom. The van der Waals surface area contributed by atoms with Crippen molar-refractivity contribution in [3.05, 3.63) is 64.2 Å². The van der Waals surface area contributed by atoms with Gasteiger partial charge in [-0.3, -0.25) is 4.79 Å². The van der Waals surface area contributed by atoms with Crippen molar-refractivity contribution >= 4 is 23.5 Å². The van der Waals surface area contributed by atoms with Crippen LogP contribution >= 0.6 is 11.6 Å². The molecule has 2 rings (SSSR count). The van der Waals surface area contributed by atoms with Crippen LogP contribution in [0.4, 0.5) is 0 Å². The molecule has 0 atom stereocenters. The van der Waals surface area contributed by atoms with Gasteiger partial charge in [0.05, 0.1) is 6.42 Å². The Hall–Kier alpha value is -2.33. The Bertz CT molecular complexity index is 694. The van der Waals surface area contributed by atoms with Crippen molar-refractivity contribution in [2.75, 3.05) is 0 Å². The summed E-state index contributed by atoms with van der Waals surface area (Å²) in [7, 11) is 0. The van der Waals surface area contributed by atoms with Crippen molar-refractivity contribution in [2.24, 2.45) is 0 Å². The van der Waals surface area contributed by atoms with Gasteiger partial charge >= 0.3 is 11.9 Å². The molecule has 2 aromatic rings. The number of rotatable bonds is 4. The van der Waals surface area contributed by atoms with Gasteiger partial charge in [0, 0.05) is 5.02 Å². The van der Waals surface area contributed by atoms with Crippen molar-refractivity contribution in [3.8, 4) is 5.75 Å². The fourth-order valence-corrected chi connectivity index (χ4v) is 2.05. The van der Waals surface area contributed by atoms with E-state index in [1.54, 1.807) is 0 Å².